The number of anilines is 3. The summed E-state index contributed by atoms with van der Waals surface area (Å²) in [5.74, 6) is 3.44. The summed E-state index contributed by atoms with van der Waals surface area (Å²) in [5, 5.41) is 2.31. The van der Waals surface area contributed by atoms with E-state index in [0.717, 1.165) is 57.0 Å². The van der Waals surface area contributed by atoms with Gasteiger partial charge in [0.1, 0.15) is 11.2 Å². The van der Waals surface area contributed by atoms with Gasteiger partial charge in [-0.05, 0) is 190 Å². The number of hydrogen-bond acceptors (Lipinski definition) is 2. The number of benzene rings is 8. The molecule has 0 amide bonds. The molecule has 1 heterocycles. The van der Waals surface area contributed by atoms with Gasteiger partial charge in [-0.3, -0.25) is 0 Å². The molecule has 7 aliphatic carbocycles. The van der Waals surface area contributed by atoms with Gasteiger partial charge in [0.05, 0.1) is 0 Å². The van der Waals surface area contributed by atoms with Gasteiger partial charge in [-0.1, -0.05) is 128 Å². The number of fused-ring (bicyclic) bond motifs is 11. The molecule has 16 rings (SSSR count). The largest absolute Gasteiger partial charge is 0.456 e. The van der Waals surface area contributed by atoms with E-state index in [9.17, 15) is 0 Å². The van der Waals surface area contributed by atoms with Gasteiger partial charge in [-0.2, -0.15) is 0 Å². The molecule has 0 N–H and O–H groups in total. The zero-order valence-electron chi connectivity index (χ0n) is 36.8. The van der Waals surface area contributed by atoms with Crippen LogP contribution < -0.4 is 4.90 Å². The predicted molar refractivity (Wildman–Crippen MR) is 267 cm³/mol. The van der Waals surface area contributed by atoms with E-state index in [1.807, 2.05) is 0 Å². The summed E-state index contributed by atoms with van der Waals surface area (Å²) in [4.78, 5) is 2.44. The zero-order valence-corrected chi connectivity index (χ0v) is 36.8. The van der Waals surface area contributed by atoms with E-state index in [2.05, 4.69) is 181 Å². The third-order valence-electron chi connectivity index (χ3n) is 17.8. The van der Waals surface area contributed by atoms with Crippen molar-refractivity contribution < 1.29 is 4.42 Å². The number of hydrogen-bond donors (Lipinski definition) is 0. The first-order chi connectivity index (χ1) is 32.1. The molecular weight excluding hydrogens is 787 g/mol. The molecule has 7 aliphatic rings. The fourth-order valence-electron chi connectivity index (χ4n) is 15.4. The van der Waals surface area contributed by atoms with E-state index in [1.54, 1.807) is 11.1 Å². The van der Waals surface area contributed by atoms with Crippen molar-refractivity contribution >= 4 is 39.0 Å². The van der Waals surface area contributed by atoms with Gasteiger partial charge in [0.15, 0.2) is 0 Å². The van der Waals surface area contributed by atoms with Crippen LogP contribution in [-0.4, -0.2) is 0 Å². The van der Waals surface area contributed by atoms with Crippen molar-refractivity contribution in [1.82, 2.24) is 0 Å². The van der Waals surface area contributed by atoms with Crippen molar-refractivity contribution in [2.24, 2.45) is 23.7 Å². The van der Waals surface area contributed by atoms with Crippen LogP contribution in [-0.2, 0) is 10.8 Å². The van der Waals surface area contributed by atoms with E-state index in [4.69, 9.17) is 4.42 Å². The monoisotopic (exact) mass is 837 g/mol. The second-order valence-electron chi connectivity index (χ2n) is 20.8. The normalized spacial score (nSPS) is 23.6. The van der Waals surface area contributed by atoms with Crippen LogP contribution in [0.3, 0.4) is 0 Å². The van der Waals surface area contributed by atoms with Crippen LogP contribution in [0.1, 0.15) is 80.0 Å². The van der Waals surface area contributed by atoms with Gasteiger partial charge < -0.3 is 9.32 Å². The smallest absolute Gasteiger partial charge is 0.137 e. The van der Waals surface area contributed by atoms with Crippen molar-refractivity contribution in [3.05, 3.63) is 198 Å². The molecule has 2 heteroatoms. The first kappa shape index (κ1) is 36.7. The Labute approximate surface area is 381 Å². The molecule has 5 fully saturated rings. The first-order valence-corrected chi connectivity index (χ1v) is 24.5. The molecule has 0 unspecified atom stereocenters. The Kier molecular flexibility index (Phi) is 7.59. The molecule has 2 spiro atoms. The molecular formula is C63H51NO. The van der Waals surface area contributed by atoms with Gasteiger partial charge in [0.2, 0.25) is 0 Å². The highest BCUT2D eigenvalue weighted by atomic mass is 16.3. The number of nitrogens with zero attached hydrogens (tertiary/aromatic N) is 1. The quantitative estimate of drug-likeness (QED) is 0.172. The molecule has 2 nitrogen and oxygen atoms in total. The van der Waals surface area contributed by atoms with Crippen LogP contribution in [0.2, 0.25) is 0 Å². The lowest BCUT2D eigenvalue weighted by molar-refractivity contribution is -0.0399. The van der Waals surface area contributed by atoms with E-state index in [0.29, 0.717) is 0 Å². The summed E-state index contributed by atoms with van der Waals surface area (Å²) in [6, 6.07) is 66.9. The maximum absolute atomic E-state index is 6.92. The molecule has 0 aliphatic heterocycles. The first-order valence-electron chi connectivity index (χ1n) is 24.5. The summed E-state index contributed by atoms with van der Waals surface area (Å²) < 4.78 is 6.92. The zero-order chi connectivity index (χ0) is 42.4. The minimum Gasteiger partial charge on any atom is -0.456 e. The second-order valence-corrected chi connectivity index (χ2v) is 20.8. The van der Waals surface area contributed by atoms with Crippen LogP contribution in [0, 0.1) is 23.7 Å². The Morgan fingerprint density at radius 1 is 0.385 bits per heavy atom. The Hall–Kier alpha value is -6.64. The Balaban J connectivity index is 0.832. The minimum atomic E-state index is 0.0873. The van der Waals surface area contributed by atoms with E-state index < -0.39 is 0 Å². The Morgan fingerprint density at radius 3 is 1.69 bits per heavy atom. The molecule has 9 aromatic rings. The summed E-state index contributed by atoms with van der Waals surface area (Å²) in [6.45, 7) is 0. The van der Waals surface area contributed by atoms with Crippen LogP contribution >= 0.6 is 0 Å². The molecule has 314 valence electrons. The Bertz CT molecular complexity index is 3370. The van der Waals surface area contributed by atoms with Crippen molar-refractivity contribution in [2.45, 2.75) is 68.6 Å². The average Bonchev–Trinajstić information content (AvgIpc) is 4.12. The number of rotatable bonds is 5. The van der Waals surface area contributed by atoms with Crippen LogP contribution in [0.5, 0.6) is 0 Å². The van der Waals surface area contributed by atoms with Crippen molar-refractivity contribution in [1.29, 1.82) is 0 Å². The SMILES string of the molecule is c1ccc(-c2ccc(N(c3ccc4c(c3)C3(CCCC3)c3ccccc3-4)c3ccc4c(c3)oc3cc(-c5ccc6c(c5)-c5ccccc5[C@]65[C@@H]6CC7C[C@@H](C6)C[C@@H]5C7)ccc34)cc2)cc1. The van der Waals surface area contributed by atoms with Crippen LogP contribution in [0.15, 0.2) is 180 Å². The maximum Gasteiger partial charge on any atom is 0.137 e. The van der Waals surface area contributed by atoms with Gasteiger partial charge in [0, 0.05) is 44.7 Å². The summed E-state index contributed by atoms with van der Waals surface area (Å²) >= 11 is 0. The molecule has 0 atom stereocenters. The molecule has 0 radical (unpaired) electrons. The third-order valence-corrected chi connectivity index (χ3v) is 17.8. The molecule has 0 saturated heterocycles. The second kappa shape index (κ2) is 13.5. The summed E-state index contributed by atoms with van der Waals surface area (Å²) in [5.41, 5.74) is 22.4. The summed E-state index contributed by atoms with van der Waals surface area (Å²) in [7, 11) is 0. The molecule has 1 aromatic heterocycles. The average molecular weight is 838 g/mol. The van der Waals surface area contributed by atoms with E-state index >= 15 is 0 Å². The fourth-order valence-corrected chi connectivity index (χ4v) is 15.4. The van der Waals surface area contributed by atoms with Crippen LogP contribution in [0.4, 0.5) is 17.1 Å². The van der Waals surface area contributed by atoms with Gasteiger partial charge in [0.25, 0.3) is 0 Å². The molecule has 65 heavy (non-hydrogen) atoms. The predicted octanol–water partition coefficient (Wildman–Crippen LogP) is 17.0. The molecule has 5 saturated carbocycles. The highest BCUT2D eigenvalue weighted by Gasteiger charge is 2.61. The molecule has 4 bridgehead atoms. The van der Waals surface area contributed by atoms with Gasteiger partial charge in [-0.25, -0.2) is 0 Å². The molecule has 8 aromatic carbocycles. The number of furan rings is 1. The lowest BCUT2D eigenvalue weighted by atomic mass is 9.43. The highest BCUT2D eigenvalue weighted by molar-refractivity contribution is 6.07. The third kappa shape index (κ3) is 5.06. The standard InChI is InChI=1S/C63H51NO/c1-2-10-41(11-3-1)42-16-20-47(21-17-42)64(48-22-25-52-50-12-4-6-14-56(50)62(59(52)37-48)28-8-9-29-62)49-23-26-54-53-24-18-44(36-60(53)65-61(54)38-49)43-19-27-58-55(35-43)51-13-5-7-15-57(51)63(58)45-31-39-30-40(33-45)34-46(63)32-39/h1-7,10-27,35-40,45-46H,8-9,28-34H2/t39-,40?,45-,46+,63+. The van der Waals surface area contributed by atoms with Crippen LogP contribution in [0.25, 0.3) is 66.4 Å². The lowest BCUT2D eigenvalue weighted by Gasteiger charge is -2.61. The minimum absolute atomic E-state index is 0.0873. The lowest BCUT2D eigenvalue weighted by Crippen LogP contribution is -2.55. The maximum atomic E-state index is 6.92. The Morgan fingerprint density at radius 2 is 0.923 bits per heavy atom. The van der Waals surface area contributed by atoms with Crippen molar-refractivity contribution in [3.63, 3.8) is 0 Å². The topological polar surface area (TPSA) is 16.4 Å². The van der Waals surface area contributed by atoms with Crippen molar-refractivity contribution in [2.75, 3.05) is 4.90 Å². The summed E-state index contributed by atoms with van der Waals surface area (Å²) in [6.07, 6.45) is 12.1. The fraction of sp³-hybridized carbons (Fsp3) is 0.238. The van der Waals surface area contributed by atoms with Gasteiger partial charge in [-0.15, -0.1) is 0 Å². The van der Waals surface area contributed by atoms with E-state index in [1.165, 1.54) is 119 Å². The van der Waals surface area contributed by atoms with Crippen molar-refractivity contribution in [3.8, 4) is 44.5 Å². The highest BCUT2D eigenvalue weighted by Crippen LogP contribution is 2.69. The van der Waals surface area contributed by atoms with E-state index in [-0.39, 0.29) is 10.8 Å². The van der Waals surface area contributed by atoms with Gasteiger partial charge >= 0.3 is 0 Å².